The standard InChI is InChI=1S/C20H23N5O2/c26-19(25-10-5-16-3-1-2-4-18(16)25)6-9-23-11-13-24(14-12-23)20(27)17-15-21-7-8-22-17/h1-4,7-8,15H,5-6,9-14H2. The van der Waals surface area contributed by atoms with Crippen LogP contribution in [0.25, 0.3) is 0 Å². The molecule has 27 heavy (non-hydrogen) atoms. The van der Waals surface area contributed by atoms with Crippen molar-refractivity contribution >= 4 is 17.5 Å². The number of rotatable bonds is 4. The van der Waals surface area contributed by atoms with Gasteiger partial charge in [0.1, 0.15) is 5.69 Å². The normalized spacial score (nSPS) is 17.0. The third-order valence-electron chi connectivity index (χ3n) is 5.27. The van der Waals surface area contributed by atoms with Crippen molar-refractivity contribution in [2.45, 2.75) is 12.8 Å². The number of benzene rings is 1. The number of piperazine rings is 1. The Kier molecular flexibility index (Phi) is 5.11. The summed E-state index contributed by atoms with van der Waals surface area (Å²) in [5, 5.41) is 0. The van der Waals surface area contributed by atoms with Gasteiger partial charge in [0.2, 0.25) is 5.91 Å². The molecule has 1 aromatic heterocycles. The fourth-order valence-corrected chi connectivity index (χ4v) is 3.73. The molecular formula is C20H23N5O2. The molecular weight excluding hydrogens is 342 g/mol. The van der Waals surface area contributed by atoms with Gasteiger partial charge in [-0.1, -0.05) is 18.2 Å². The van der Waals surface area contributed by atoms with Crippen LogP contribution in [0.15, 0.2) is 42.9 Å². The maximum atomic E-state index is 12.6. The largest absolute Gasteiger partial charge is 0.335 e. The van der Waals surface area contributed by atoms with E-state index in [4.69, 9.17) is 0 Å². The molecule has 1 saturated heterocycles. The predicted octanol–water partition coefficient (Wildman–Crippen LogP) is 1.21. The fourth-order valence-electron chi connectivity index (χ4n) is 3.73. The molecule has 4 rings (SSSR count). The van der Waals surface area contributed by atoms with Gasteiger partial charge in [0.15, 0.2) is 0 Å². The van der Waals surface area contributed by atoms with Crippen LogP contribution in [0.5, 0.6) is 0 Å². The van der Waals surface area contributed by atoms with E-state index in [0.717, 1.165) is 38.3 Å². The Morgan fingerprint density at radius 3 is 2.59 bits per heavy atom. The van der Waals surface area contributed by atoms with Crippen LogP contribution in [-0.4, -0.2) is 70.9 Å². The molecule has 0 unspecified atom stereocenters. The molecule has 7 heteroatoms. The van der Waals surface area contributed by atoms with Crippen molar-refractivity contribution in [2.75, 3.05) is 44.2 Å². The van der Waals surface area contributed by atoms with Gasteiger partial charge in [-0.05, 0) is 18.1 Å². The molecule has 2 aromatic rings. The lowest BCUT2D eigenvalue weighted by Crippen LogP contribution is -2.49. The van der Waals surface area contributed by atoms with Crippen molar-refractivity contribution in [3.8, 4) is 0 Å². The van der Waals surface area contributed by atoms with Crippen molar-refractivity contribution in [1.82, 2.24) is 19.8 Å². The van der Waals surface area contributed by atoms with Gasteiger partial charge in [-0.25, -0.2) is 4.98 Å². The summed E-state index contributed by atoms with van der Waals surface area (Å²) in [5.41, 5.74) is 2.69. The lowest BCUT2D eigenvalue weighted by molar-refractivity contribution is -0.118. The topological polar surface area (TPSA) is 69.6 Å². The first-order chi connectivity index (χ1) is 13.2. The molecule has 0 bridgehead atoms. The van der Waals surface area contributed by atoms with E-state index in [1.807, 2.05) is 23.1 Å². The average Bonchev–Trinajstić information content (AvgIpc) is 3.17. The summed E-state index contributed by atoms with van der Waals surface area (Å²) in [6.45, 7) is 4.35. The van der Waals surface area contributed by atoms with Gasteiger partial charge in [-0.3, -0.25) is 19.5 Å². The minimum absolute atomic E-state index is 0.0764. The number of aromatic nitrogens is 2. The minimum atomic E-state index is -0.0764. The van der Waals surface area contributed by atoms with Crippen molar-refractivity contribution in [3.63, 3.8) is 0 Å². The first-order valence-electron chi connectivity index (χ1n) is 9.38. The van der Waals surface area contributed by atoms with Crippen molar-refractivity contribution in [1.29, 1.82) is 0 Å². The molecule has 0 radical (unpaired) electrons. The Morgan fingerprint density at radius 1 is 1.00 bits per heavy atom. The van der Waals surface area contributed by atoms with E-state index in [1.165, 1.54) is 18.0 Å². The number of anilines is 1. The first kappa shape index (κ1) is 17.6. The first-order valence-corrected chi connectivity index (χ1v) is 9.38. The van der Waals surface area contributed by atoms with Crippen LogP contribution in [0.2, 0.25) is 0 Å². The van der Waals surface area contributed by atoms with Crippen molar-refractivity contribution in [3.05, 3.63) is 54.1 Å². The molecule has 3 heterocycles. The van der Waals surface area contributed by atoms with Crippen LogP contribution >= 0.6 is 0 Å². The number of para-hydroxylation sites is 1. The second-order valence-electron chi connectivity index (χ2n) is 6.90. The molecule has 0 N–H and O–H groups in total. The highest BCUT2D eigenvalue weighted by atomic mass is 16.2. The van der Waals surface area contributed by atoms with E-state index in [-0.39, 0.29) is 11.8 Å². The second-order valence-corrected chi connectivity index (χ2v) is 6.90. The monoisotopic (exact) mass is 365 g/mol. The molecule has 0 aliphatic carbocycles. The molecule has 0 atom stereocenters. The lowest BCUT2D eigenvalue weighted by atomic mass is 10.2. The van der Waals surface area contributed by atoms with Crippen molar-refractivity contribution < 1.29 is 9.59 Å². The van der Waals surface area contributed by atoms with Gasteiger partial charge in [-0.15, -0.1) is 0 Å². The van der Waals surface area contributed by atoms with Gasteiger partial charge in [0.05, 0.1) is 6.20 Å². The van der Waals surface area contributed by atoms with Gasteiger partial charge >= 0.3 is 0 Å². The second kappa shape index (κ2) is 7.84. The molecule has 0 spiro atoms. The third kappa shape index (κ3) is 3.83. The zero-order chi connectivity index (χ0) is 18.6. The number of fused-ring (bicyclic) bond motifs is 1. The van der Waals surface area contributed by atoms with E-state index in [9.17, 15) is 9.59 Å². The average molecular weight is 365 g/mol. The zero-order valence-electron chi connectivity index (χ0n) is 15.3. The Balaban J connectivity index is 1.25. The number of amides is 2. The molecule has 1 fully saturated rings. The Hall–Kier alpha value is -2.80. The summed E-state index contributed by atoms with van der Waals surface area (Å²) < 4.78 is 0. The van der Waals surface area contributed by atoms with Gasteiger partial charge in [-0.2, -0.15) is 0 Å². The molecule has 2 aliphatic heterocycles. The maximum absolute atomic E-state index is 12.6. The summed E-state index contributed by atoms with van der Waals surface area (Å²) in [6.07, 6.45) is 6.04. The van der Waals surface area contributed by atoms with Gasteiger partial charge < -0.3 is 9.80 Å². The molecule has 140 valence electrons. The Bertz CT molecular complexity index is 818. The smallest absolute Gasteiger partial charge is 0.274 e. The summed E-state index contributed by atoms with van der Waals surface area (Å²) in [7, 11) is 0. The summed E-state index contributed by atoms with van der Waals surface area (Å²) >= 11 is 0. The van der Waals surface area contributed by atoms with E-state index >= 15 is 0 Å². The van der Waals surface area contributed by atoms with E-state index in [0.29, 0.717) is 25.2 Å². The summed E-state index contributed by atoms with van der Waals surface area (Å²) in [4.78, 5) is 39.0. The van der Waals surface area contributed by atoms with E-state index in [1.54, 1.807) is 11.1 Å². The fraction of sp³-hybridized carbons (Fsp3) is 0.400. The van der Waals surface area contributed by atoms with Crippen molar-refractivity contribution in [2.24, 2.45) is 0 Å². The zero-order valence-corrected chi connectivity index (χ0v) is 15.3. The van der Waals surface area contributed by atoms with Crippen LogP contribution in [0, 0.1) is 0 Å². The number of nitrogens with zero attached hydrogens (tertiary/aromatic N) is 5. The van der Waals surface area contributed by atoms with Gasteiger partial charge in [0.25, 0.3) is 5.91 Å². The quantitative estimate of drug-likeness (QED) is 0.815. The van der Waals surface area contributed by atoms with Gasteiger partial charge in [0, 0.05) is 63.8 Å². The van der Waals surface area contributed by atoms with Crippen LogP contribution in [0.1, 0.15) is 22.5 Å². The molecule has 1 aromatic carbocycles. The predicted molar refractivity (Wildman–Crippen MR) is 101 cm³/mol. The van der Waals surface area contributed by atoms with Crippen LogP contribution in [-0.2, 0) is 11.2 Å². The Labute approximate surface area is 158 Å². The number of hydrogen-bond acceptors (Lipinski definition) is 5. The highest BCUT2D eigenvalue weighted by molar-refractivity contribution is 5.95. The summed E-state index contributed by atoms with van der Waals surface area (Å²) in [5.74, 6) is 0.102. The molecule has 2 amide bonds. The maximum Gasteiger partial charge on any atom is 0.274 e. The Morgan fingerprint density at radius 2 is 1.81 bits per heavy atom. The number of hydrogen-bond donors (Lipinski definition) is 0. The molecule has 0 saturated carbocycles. The molecule has 7 nitrogen and oxygen atoms in total. The highest BCUT2D eigenvalue weighted by Crippen LogP contribution is 2.27. The summed E-state index contributed by atoms with van der Waals surface area (Å²) in [6, 6.07) is 8.12. The van der Waals surface area contributed by atoms with Crippen LogP contribution < -0.4 is 4.90 Å². The molecule has 2 aliphatic rings. The SMILES string of the molecule is O=C(c1cnccn1)N1CCN(CCC(=O)N2CCc3ccccc32)CC1. The highest BCUT2D eigenvalue weighted by Gasteiger charge is 2.26. The third-order valence-corrected chi connectivity index (χ3v) is 5.27. The van der Waals surface area contributed by atoms with E-state index in [2.05, 4.69) is 20.9 Å². The van der Waals surface area contributed by atoms with E-state index < -0.39 is 0 Å². The lowest BCUT2D eigenvalue weighted by Gasteiger charge is -2.34. The minimum Gasteiger partial charge on any atom is -0.335 e. The number of carbonyl (C=O) groups is 2. The van der Waals surface area contributed by atoms with Crippen LogP contribution in [0.3, 0.4) is 0 Å². The number of carbonyl (C=O) groups excluding carboxylic acids is 2. The van der Waals surface area contributed by atoms with Crippen LogP contribution in [0.4, 0.5) is 5.69 Å².